The number of hydrogen-bond donors (Lipinski definition) is 1. The summed E-state index contributed by atoms with van der Waals surface area (Å²) in [5.74, 6) is -2.40. The molecule has 0 aromatic heterocycles. The van der Waals surface area contributed by atoms with Gasteiger partial charge in [0.2, 0.25) is 15.9 Å². The van der Waals surface area contributed by atoms with Crippen molar-refractivity contribution >= 4 is 21.9 Å². The topological polar surface area (TPSA) is 95.0 Å². The van der Waals surface area contributed by atoms with Crippen LogP contribution in [0.3, 0.4) is 0 Å². The monoisotopic (exact) mass is 446 g/mol. The number of hydrogen-bond acceptors (Lipinski definition) is 4. The summed E-state index contributed by atoms with van der Waals surface area (Å²) >= 11 is 0. The Morgan fingerprint density at radius 1 is 0.935 bits per heavy atom. The van der Waals surface area contributed by atoms with Crippen LogP contribution >= 0.6 is 0 Å². The largest absolute Gasteiger partial charge is 0.481 e. The first-order chi connectivity index (χ1) is 14.5. The van der Waals surface area contributed by atoms with Gasteiger partial charge in [0.25, 0.3) is 0 Å². The fraction of sp³-hybridized carbons (Fsp3) is 0.565. The van der Waals surface area contributed by atoms with Crippen molar-refractivity contribution in [2.75, 3.05) is 26.2 Å². The van der Waals surface area contributed by atoms with E-state index in [1.807, 2.05) is 24.3 Å². The van der Waals surface area contributed by atoms with Gasteiger partial charge in [-0.05, 0) is 41.4 Å². The predicted molar refractivity (Wildman–Crippen MR) is 116 cm³/mol. The molecule has 0 unspecified atom stereocenters. The maximum absolute atomic E-state index is 13.1. The van der Waals surface area contributed by atoms with Gasteiger partial charge in [-0.15, -0.1) is 0 Å². The molecular formula is C23H30N2O5S. The molecule has 31 heavy (non-hydrogen) atoms. The van der Waals surface area contributed by atoms with Crippen molar-refractivity contribution in [3.63, 3.8) is 0 Å². The van der Waals surface area contributed by atoms with Gasteiger partial charge in [-0.2, -0.15) is 4.31 Å². The van der Waals surface area contributed by atoms with Crippen LogP contribution in [-0.2, 0) is 25.0 Å². The summed E-state index contributed by atoms with van der Waals surface area (Å²) in [4.78, 5) is 26.7. The molecule has 1 saturated carbocycles. The smallest absolute Gasteiger partial charge is 0.307 e. The van der Waals surface area contributed by atoms with Gasteiger partial charge < -0.3 is 10.0 Å². The molecule has 2 fully saturated rings. The van der Waals surface area contributed by atoms with E-state index in [-0.39, 0.29) is 54.2 Å². The molecule has 7 nitrogen and oxygen atoms in total. The van der Waals surface area contributed by atoms with Crippen molar-refractivity contribution in [3.05, 3.63) is 42.0 Å². The van der Waals surface area contributed by atoms with E-state index in [1.165, 1.54) is 4.31 Å². The van der Waals surface area contributed by atoms with Crippen molar-refractivity contribution < 1.29 is 23.1 Å². The second-order valence-electron chi connectivity index (χ2n) is 9.84. The molecule has 0 spiro atoms. The first kappa shape index (κ1) is 22.0. The van der Waals surface area contributed by atoms with E-state index < -0.39 is 27.8 Å². The minimum atomic E-state index is -3.63. The SMILES string of the molecule is CC(C)(C)c1ccc(S(=O)(=O)N2CCN(C(=O)[C@@H]3[C@@H](C(=O)O)[C@H]4C=C[C@@H]3C4)CC2)cc1. The van der Waals surface area contributed by atoms with Crippen LogP contribution in [0, 0.1) is 23.7 Å². The molecule has 1 aliphatic heterocycles. The fourth-order valence-corrected chi connectivity index (χ4v) is 6.55. The second kappa shape index (κ2) is 7.74. The number of carboxylic acid groups (broad SMARTS) is 1. The zero-order chi connectivity index (χ0) is 22.6. The molecule has 4 atom stereocenters. The molecule has 4 rings (SSSR count). The van der Waals surface area contributed by atoms with Gasteiger partial charge in [-0.1, -0.05) is 45.1 Å². The Morgan fingerprint density at radius 2 is 1.48 bits per heavy atom. The molecule has 1 amide bonds. The zero-order valence-corrected chi connectivity index (χ0v) is 19.0. The number of aliphatic carboxylic acids is 1. The number of nitrogens with zero attached hydrogens (tertiary/aromatic N) is 2. The zero-order valence-electron chi connectivity index (χ0n) is 18.2. The number of carbonyl (C=O) groups excluding carboxylic acids is 1. The summed E-state index contributed by atoms with van der Waals surface area (Å²) in [6.45, 7) is 7.21. The molecule has 2 aliphatic carbocycles. The van der Waals surface area contributed by atoms with Crippen molar-refractivity contribution in [3.8, 4) is 0 Å². The van der Waals surface area contributed by atoms with E-state index in [9.17, 15) is 23.1 Å². The summed E-state index contributed by atoms with van der Waals surface area (Å²) in [6, 6.07) is 6.99. The number of piperazine rings is 1. The summed E-state index contributed by atoms with van der Waals surface area (Å²) in [7, 11) is -3.63. The van der Waals surface area contributed by atoms with E-state index in [4.69, 9.17) is 0 Å². The molecular weight excluding hydrogens is 416 g/mol. The highest BCUT2D eigenvalue weighted by Gasteiger charge is 2.52. The predicted octanol–water partition coefficient (Wildman–Crippen LogP) is 2.34. The number of carboxylic acids is 1. The average Bonchev–Trinajstić information content (AvgIpc) is 3.34. The first-order valence-corrected chi connectivity index (χ1v) is 12.2. The Labute approximate surface area is 183 Å². The second-order valence-corrected chi connectivity index (χ2v) is 11.8. The van der Waals surface area contributed by atoms with Crippen molar-refractivity contribution in [2.24, 2.45) is 23.7 Å². The lowest BCUT2D eigenvalue weighted by Crippen LogP contribution is -2.53. The summed E-state index contributed by atoms with van der Waals surface area (Å²) in [6.07, 6.45) is 4.60. The third kappa shape index (κ3) is 3.91. The van der Waals surface area contributed by atoms with E-state index in [2.05, 4.69) is 20.8 Å². The third-order valence-electron chi connectivity index (χ3n) is 6.94. The van der Waals surface area contributed by atoms with Gasteiger partial charge in [0.1, 0.15) is 0 Å². The van der Waals surface area contributed by atoms with Crippen LogP contribution < -0.4 is 0 Å². The number of benzene rings is 1. The first-order valence-electron chi connectivity index (χ1n) is 10.8. The van der Waals surface area contributed by atoms with Gasteiger partial charge in [-0.3, -0.25) is 9.59 Å². The Balaban J connectivity index is 1.43. The molecule has 2 bridgehead atoms. The van der Waals surface area contributed by atoms with Crippen molar-refractivity contribution in [2.45, 2.75) is 37.5 Å². The van der Waals surface area contributed by atoms with Crippen LogP contribution in [-0.4, -0.2) is 60.8 Å². The van der Waals surface area contributed by atoms with Gasteiger partial charge in [-0.25, -0.2) is 8.42 Å². The van der Waals surface area contributed by atoms with Crippen LogP contribution in [0.15, 0.2) is 41.3 Å². The molecule has 1 aromatic carbocycles. The van der Waals surface area contributed by atoms with Crippen LogP contribution in [0.5, 0.6) is 0 Å². The lowest BCUT2D eigenvalue weighted by atomic mass is 9.82. The molecule has 168 valence electrons. The quantitative estimate of drug-likeness (QED) is 0.717. The van der Waals surface area contributed by atoms with Crippen molar-refractivity contribution in [1.82, 2.24) is 9.21 Å². The molecule has 1 N–H and O–H groups in total. The highest BCUT2D eigenvalue weighted by atomic mass is 32.2. The van der Waals surface area contributed by atoms with Gasteiger partial charge in [0, 0.05) is 26.2 Å². The fourth-order valence-electron chi connectivity index (χ4n) is 5.13. The number of rotatable bonds is 4. The maximum Gasteiger partial charge on any atom is 0.307 e. The lowest BCUT2D eigenvalue weighted by molar-refractivity contribution is -0.151. The van der Waals surface area contributed by atoms with Crippen LogP contribution in [0.25, 0.3) is 0 Å². The maximum atomic E-state index is 13.1. The highest BCUT2D eigenvalue weighted by Crippen LogP contribution is 2.48. The summed E-state index contributed by atoms with van der Waals surface area (Å²) < 4.78 is 27.5. The minimum absolute atomic E-state index is 0.0262. The van der Waals surface area contributed by atoms with Crippen LogP contribution in [0.1, 0.15) is 32.8 Å². The average molecular weight is 447 g/mol. The van der Waals surface area contributed by atoms with Gasteiger partial charge in [0.15, 0.2) is 0 Å². The molecule has 0 radical (unpaired) electrons. The molecule has 8 heteroatoms. The number of fused-ring (bicyclic) bond motifs is 2. The van der Waals surface area contributed by atoms with E-state index >= 15 is 0 Å². The molecule has 1 saturated heterocycles. The summed E-state index contributed by atoms with van der Waals surface area (Å²) in [5, 5.41) is 9.61. The minimum Gasteiger partial charge on any atom is -0.481 e. The third-order valence-corrected chi connectivity index (χ3v) is 8.85. The lowest BCUT2D eigenvalue weighted by Gasteiger charge is -2.37. The standard InChI is InChI=1S/C23H30N2O5S/c1-23(2,3)17-6-8-18(9-7-17)31(29,30)25-12-10-24(11-13-25)21(26)19-15-4-5-16(14-15)20(19)22(27)28/h4-9,15-16,19-20H,10-14H2,1-3H3,(H,27,28)/t15-,16+,19+,20+/m1/s1. The normalized spacial score (nSPS) is 28.8. The number of sulfonamides is 1. The van der Waals surface area contributed by atoms with Crippen LogP contribution in [0.2, 0.25) is 0 Å². The van der Waals surface area contributed by atoms with Gasteiger partial charge >= 0.3 is 5.97 Å². The van der Waals surface area contributed by atoms with Crippen LogP contribution in [0.4, 0.5) is 0 Å². The van der Waals surface area contributed by atoms with E-state index in [1.54, 1.807) is 17.0 Å². The number of carbonyl (C=O) groups is 2. The van der Waals surface area contributed by atoms with E-state index in [0.717, 1.165) is 5.56 Å². The van der Waals surface area contributed by atoms with Gasteiger partial charge in [0.05, 0.1) is 16.7 Å². The number of allylic oxidation sites excluding steroid dienone is 2. The Hall–Kier alpha value is -2.19. The molecule has 1 heterocycles. The Kier molecular flexibility index (Phi) is 5.50. The summed E-state index contributed by atoms with van der Waals surface area (Å²) in [5.41, 5.74) is 1.01. The molecule has 1 aromatic rings. The highest BCUT2D eigenvalue weighted by molar-refractivity contribution is 7.89. The Bertz CT molecular complexity index is 1000. The molecule has 3 aliphatic rings. The van der Waals surface area contributed by atoms with Crippen molar-refractivity contribution in [1.29, 1.82) is 0 Å². The number of amides is 1. The van der Waals surface area contributed by atoms with E-state index in [0.29, 0.717) is 6.42 Å². The Morgan fingerprint density at radius 3 is 2.00 bits per heavy atom.